The number of fused-ring (bicyclic) bond motifs is 2. The number of aliphatic imine (C=N–C) groups is 1. The standard InChI is InChI=1S/C18H21N3O3S/c22-17-18(20-16(19-17)12-4-2-1-3-5-12)9-8-13-10-21(11-15(13)18)25(23,24)14-6-7-14/h1-5,13-15H,6-11H2,(H,19,20,22)/t13-,15+,18-/m0/s1. The van der Waals surface area contributed by atoms with Crippen molar-refractivity contribution in [2.75, 3.05) is 13.1 Å². The molecule has 25 heavy (non-hydrogen) atoms. The number of hydrogen-bond donors (Lipinski definition) is 1. The SMILES string of the molecule is O=C1NC(c2ccccc2)=N[C@]12CC[C@H]1CN(S(=O)(=O)C3CC3)C[C@H]12. The zero-order chi connectivity index (χ0) is 17.2. The second kappa shape index (κ2) is 5.14. The zero-order valence-electron chi connectivity index (χ0n) is 13.9. The second-order valence-corrected chi connectivity index (χ2v) is 9.88. The van der Waals surface area contributed by atoms with Crippen molar-refractivity contribution in [2.45, 2.75) is 36.5 Å². The molecule has 1 aromatic rings. The number of rotatable bonds is 3. The van der Waals surface area contributed by atoms with Gasteiger partial charge >= 0.3 is 0 Å². The number of nitrogens with zero attached hydrogens (tertiary/aromatic N) is 2. The van der Waals surface area contributed by atoms with E-state index in [1.807, 2.05) is 30.3 Å². The molecule has 3 atom stereocenters. The van der Waals surface area contributed by atoms with Crippen LogP contribution in [0.2, 0.25) is 0 Å². The number of amidine groups is 1. The summed E-state index contributed by atoms with van der Waals surface area (Å²) in [6, 6.07) is 9.64. The topological polar surface area (TPSA) is 78.8 Å². The van der Waals surface area contributed by atoms with Crippen LogP contribution in [-0.4, -0.2) is 48.3 Å². The van der Waals surface area contributed by atoms with E-state index >= 15 is 0 Å². The first kappa shape index (κ1) is 15.5. The summed E-state index contributed by atoms with van der Waals surface area (Å²) in [5, 5.41) is 2.76. The highest BCUT2D eigenvalue weighted by Gasteiger charge is 2.61. The van der Waals surface area contributed by atoms with Gasteiger partial charge in [-0.25, -0.2) is 12.7 Å². The van der Waals surface area contributed by atoms with Gasteiger partial charge in [-0.05, 0) is 31.6 Å². The van der Waals surface area contributed by atoms with E-state index in [-0.39, 0.29) is 23.0 Å². The van der Waals surface area contributed by atoms with Gasteiger partial charge in [0.2, 0.25) is 10.0 Å². The zero-order valence-corrected chi connectivity index (χ0v) is 14.7. The Morgan fingerprint density at radius 1 is 1.12 bits per heavy atom. The third kappa shape index (κ3) is 2.22. The second-order valence-electron chi connectivity index (χ2n) is 7.67. The lowest BCUT2D eigenvalue weighted by molar-refractivity contribution is -0.124. The van der Waals surface area contributed by atoms with Crippen LogP contribution in [0.1, 0.15) is 31.2 Å². The van der Waals surface area contributed by atoms with E-state index in [1.165, 1.54) is 0 Å². The first-order valence-corrected chi connectivity index (χ1v) is 10.5. The Morgan fingerprint density at radius 3 is 2.60 bits per heavy atom. The smallest absolute Gasteiger partial charge is 0.253 e. The molecule has 2 heterocycles. The highest BCUT2D eigenvalue weighted by atomic mass is 32.2. The van der Waals surface area contributed by atoms with E-state index in [4.69, 9.17) is 4.99 Å². The quantitative estimate of drug-likeness (QED) is 0.879. The van der Waals surface area contributed by atoms with Gasteiger partial charge in [0.1, 0.15) is 11.4 Å². The van der Waals surface area contributed by atoms with Crippen LogP contribution in [0, 0.1) is 11.8 Å². The Hall–Kier alpha value is -1.73. The van der Waals surface area contributed by atoms with Gasteiger partial charge in [0.05, 0.1) is 5.25 Å². The van der Waals surface area contributed by atoms with Crippen molar-refractivity contribution in [1.82, 2.24) is 9.62 Å². The third-order valence-corrected chi connectivity index (χ3v) is 8.54. The summed E-state index contributed by atoms with van der Waals surface area (Å²) in [6.07, 6.45) is 3.12. The largest absolute Gasteiger partial charge is 0.308 e. The maximum absolute atomic E-state index is 12.8. The average Bonchev–Trinajstić information content (AvgIpc) is 3.18. The summed E-state index contributed by atoms with van der Waals surface area (Å²) >= 11 is 0. The maximum Gasteiger partial charge on any atom is 0.253 e. The van der Waals surface area contributed by atoms with Crippen molar-refractivity contribution < 1.29 is 13.2 Å². The van der Waals surface area contributed by atoms with Crippen molar-refractivity contribution in [3.8, 4) is 0 Å². The summed E-state index contributed by atoms with van der Waals surface area (Å²) < 4.78 is 26.8. The molecule has 0 radical (unpaired) electrons. The molecule has 6 nitrogen and oxygen atoms in total. The van der Waals surface area contributed by atoms with Crippen molar-refractivity contribution in [2.24, 2.45) is 16.8 Å². The highest BCUT2D eigenvalue weighted by molar-refractivity contribution is 7.90. The molecule has 0 aromatic heterocycles. The Morgan fingerprint density at radius 2 is 1.88 bits per heavy atom. The summed E-state index contributed by atoms with van der Waals surface area (Å²) in [6.45, 7) is 0.983. The number of carbonyl (C=O) groups excluding carboxylic acids is 1. The van der Waals surface area contributed by atoms with Gasteiger partial charge < -0.3 is 5.32 Å². The minimum Gasteiger partial charge on any atom is -0.308 e. The number of carbonyl (C=O) groups is 1. The Balaban J connectivity index is 1.46. The van der Waals surface area contributed by atoms with Crippen LogP contribution in [-0.2, 0) is 14.8 Å². The normalized spacial score (nSPS) is 35.0. The fourth-order valence-corrected chi connectivity index (χ4v) is 6.61. The fourth-order valence-electron chi connectivity index (χ4n) is 4.69. The predicted molar refractivity (Wildman–Crippen MR) is 93.6 cm³/mol. The number of sulfonamides is 1. The number of nitrogens with one attached hydrogen (secondary N) is 1. The Bertz CT molecular complexity index is 863. The lowest BCUT2D eigenvalue weighted by Crippen LogP contribution is -2.45. The molecule has 4 aliphatic rings. The third-order valence-electron chi connectivity index (χ3n) is 6.21. The van der Waals surface area contributed by atoms with Crippen LogP contribution < -0.4 is 5.32 Å². The van der Waals surface area contributed by atoms with E-state index < -0.39 is 15.6 Å². The summed E-state index contributed by atoms with van der Waals surface area (Å²) in [4.78, 5) is 17.7. The molecule has 7 heteroatoms. The molecule has 3 fully saturated rings. The highest BCUT2D eigenvalue weighted by Crippen LogP contribution is 2.50. The van der Waals surface area contributed by atoms with E-state index in [0.29, 0.717) is 25.3 Å². The monoisotopic (exact) mass is 359 g/mol. The summed E-state index contributed by atoms with van der Waals surface area (Å²) in [7, 11) is -3.18. The van der Waals surface area contributed by atoms with Gasteiger partial charge in [-0.3, -0.25) is 9.79 Å². The molecule has 1 amide bonds. The van der Waals surface area contributed by atoms with Crippen LogP contribution >= 0.6 is 0 Å². The maximum atomic E-state index is 12.8. The van der Waals surface area contributed by atoms with Crippen molar-refractivity contribution >= 4 is 21.8 Å². The van der Waals surface area contributed by atoms with Crippen LogP contribution in [0.25, 0.3) is 0 Å². The Labute approximate surface area is 147 Å². The van der Waals surface area contributed by atoms with Crippen LogP contribution in [0.4, 0.5) is 0 Å². The predicted octanol–water partition coefficient (Wildman–Crippen LogP) is 1.14. The van der Waals surface area contributed by atoms with Crippen LogP contribution in [0.5, 0.6) is 0 Å². The molecule has 1 spiro atoms. The molecule has 1 N–H and O–H groups in total. The lowest BCUT2D eigenvalue weighted by atomic mass is 9.85. The lowest BCUT2D eigenvalue weighted by Gasteiger charge is -2.25. The molecule has 2 aliphatic carbocycles. The molecule has 1 aromatic carbocycles. The van der Waals surface area contributed by atoms with Crippen molar-refractivity contribution in [1.29, 1.82) is 0 Å². The first-order valence-electron chi connectivity index (χ1n) is 8.96. The van der Waals surface area contributed by atoms with Crippen LogP contribution in [0.15, 0.2) is 35.3 Å². The number of hydrogen-bond acceptors (Lipinski definition) is 4. The first-order chi connectivity index (χ1) is 12.0. The van der Waals surface area contributed by atoms with Crippen molar-refractivity contribution in [3.05, 3.63) is 35.9 Å². The minimum atomic E-state index is -3.18. The summed E-state index contributed by atoms with van der Waals surface area (Å²) in [5.74, 6) is 0.777. The molecular formula is C18H21N3O3S. The number of benzene rings is 1. The van der Waals surface area contributed by atoms with Gasteiger partial charge in [0, 0.05) is 24.6 Å². The van der Waals surface area contributed by atoms with E-state index in [2.05, 4.69) is 5.32 Å². The molecule has 0 bridgehead atoms. The molecule has 2 aliphatic heterocycles. The molecule has 5 rings (SSSR count). The van der Waals surface area contributed by atoms with Gasteiger partial charge in [-0.1, -0.05) is 30.3 Å². The van der Waals surface area contributed by atoms with Gasteiger partial charge in [0.15, 0.2) is 0 Å². The molecule has 132 valence electrons. The van der Waals surface area contributed by atoms with E-state index in [0.717, 1.165) is 24.8 Å². The average molecular weight is 359 g/mol. The van der Waals surface area contributed by atoms with E-state index in [1.54, 1.807) is 4.31 Å². The molecule has 2 saturated carbocycles. The number of amides is 1. The minimum absolute atomic E-state index is 0.0118. The molecular weight excluding hydrogens is 338 g/mol. The Kier molecular flexibility index (Phi) is 3.19. The van der Waals surface area contributed by atoms with Crippen molar-refractivity contribution in [3.63, 3.8) is 0 Å². The van der Waals surface area contributed by atoms with Gasteiger partial charge in [0.25, 0.3) is 5.91 Å². The van der Waals surface area contributed by atoms with Gasteiger partial charge in [-0.2, -0.15) is 0 Å². The fraction of sp³-hybridized carbons (Fsp3) is 0.556. The van der Waals surface area contributed by atoms with Gasteiger partial charge in [-0.15, -0.1) is 0 Å². The molecule has 0 unspecified atom stereocenters. The summed E-state index contributed by atoms with van der Waals surface area (Å²) in [5.41, 5.74) is 0.112. The van der Waals surface area contributed by atoms with E-state index in [9.17, 15) is 13.2 Å². The van der Waals surface area contributed by atoms with Crippen LogP contribution in [0.3, 0.4) is 0 Å². The molecule has 1 saturated heterocycles.